The smallest absolute Gasteiger partial charge is 0.289 e. The van der Waals surface area contributed by atoms with Crippen LogP contribution >= 0.6 is 0 Å². The Balaban J connectivity index is 0.00000119. The van der Waals surface area contributed by atoms with Crippen molar-refractivity contribution in [1.29, 1.82) is 0 Å². The summed E-state index contributed by atoms with van der Waals surface area (Å²) in [7, 11) is 3.95. The number of amides is 4. The van der Waals surface area contributed by atoms with E-state index in [-0.39, 0.29) is 19.0 Å². The third-order valence-corrected chi connectivity index (χ3v) is 5.65. The van der Waals surface area contributed by atoms with E-state index in [2.05, 4.69) is 50.6 Å². The molecule has 0 fully saturated rings. The van der Waals surface area contributed by atoms with Gasteiger partial charge in [0.2, 0.25) is 17.6 Å². The van der Waals surface area contributed by atoms with Gasteiger partial charge in [0, 0.05) is 25.2 Å². The van der Waals surface area contributed by atoms with E-state index < -0.39 is 36.1 Å². The minimum atomic E-state index is -0.950. The fourth-order valence-corrected chi connectivity index (χ4v) is 3.78. The van der Waals surface area contributed by atoms with Gasteiger partial charge in [0.25, 0.3) is 11.8 Å². The molecule has 0 unspecified atom stereocenters. The Bertz CT molecular complexity index is 1210. The normalized spacial score (nSPS) is 12.3. The third-order valence-electron chi connectivity index (χ3n) is 5.65. The van der Waals surface area contributed by atoms with Gasteiger partial charge in [-0.2, -0.15) is 0 Å². The van der Waals surface area contributed by atoms with Crippen LogP contribution in [0.4, 0.5) is 0 Å². The Morgan fingerprint density at radius 2 is 1.44 bits per heavy atom. The van der Waals surface area contributed by atoms with Gasteiger partial charge in [0.15, 0.2) is 0 Å². The zero-order chi connectivity index (χ0) is 32.5. The van der Waals surface area contributed by atoms with Crippen molar-refractivity contribution in [1.82, 2.24) is 25.8 Å². The lowest BCUT2D eigenvalue weighted by Gasteiger charge is -2.18. The molecule has 0 aliphatic carbocycles. The zero-order valence-corrected chi connectivity index (χ0v) is 27.0. The molecule has 43 heavy (non-hydrogen) atoms. The summed E-state index contributed by atoms with van der Waals surface area (Å²) in [5.74, 6) is -2.13. The second-order valence-corrected chi connectivity index (χ2v) is 11.4. The van der Waals surface area contributed by atoms with Crippen molar-refractivity contribution >= 4 is 29.4 Å². The summed E-state index contributed by atoms with van der Waals surface area (Å²) in [6.07, 6.45) is 1.25. The minimum Gasteiger partial charge on any atom is -0.347 e. The van der Waals surface area contributed by atoms with Gasteiger partial charge in [0.1, 0.15) is 12.6 Å². The van der Waals surface area contributed by atoms with Gasteiger partial charge in [-0.1, -0.05) is 83.5 Å². The van der Waals surface area contributed by atoms with Crippen LogP contribution in [0.1, 0.15) is 75.0 Å². The Labute approximate surface area is 256 Å². The fraction of sp³-hybridized carbons (Fsp3) is 0.485. The van der Waals surface area contributed by atoms with Crippen molar-refractivity contribution < 1.29 is 24.0 Å². The van der Waals surface area contributed by atoms with Gasteiger partial charge in [0.05, 0.1) is 6.54 Å². The molecule has 3 rings (SSSR count). The Morgan fingerprint density at radius 3 is 2.00 bits per heavy atom. The van der Waals surface area contributed by atoms with Gasteiger partial charge < -0.3 is 25.8 Å². The number of nitrogens with one attached hydrogen (secondary N) is 3. The molecule has 10 nitrogen and oxygen atoms in total. The first-order valence-electron chi connectivity index (χ1n) is 14.8. The number of carbonyl (C=O) groups excluding carboxylic acids is 5. The van der Waals surface area contributed by atoms with Gasteiger partial charge in [-0.05, 0) is 49.7 Å². The lowest BCUT2D eigenvalue weighted by Crippen LogP contribution is -2.49. The fourth-order valence-electron chi connectivity index (χ4n) is 3.78. The van der Waals surface area contributed by atoms with E-state index in [1.807, 2.05) is 55.4 Å². The summed E-state index contributed by atoms with van der Waals surface area (Å²) in [5, 5.41) is 7.41. The minimum absolute atomic E-state index is 0.187. The van der Waals surface area contributed by atoms with E-state index in [1.54, 1.807) is 12.1 Å². The van der Waals surface area contributed by atoms with E-state index in [0.29, 0.717) is 12.1 Å². The number of fused-ring (bicyclic) bond motifs is 1. The topological polar surface area (TPSA) is 128 Å². The highest BCUT2D eigenvalue weighted by Crippen LogP contribution is 2.21. The predicted molar refractivity (Wildman–Crippen MR) is 169 cm³/mol. The number of Topliss-reactive ketones (excluding diaryl/α,β-unsaturated/α-hetero) is 1. The van der Waals surface area contributed by atoms with Crippen molar-refractivity contribution in [3.8, 4) is 0 Å². The quantitative estimate of drug-likeness (QED) is 0.342. The molecule has 2 aromatic carbocycles. The number of hydrogen-bond donors (Lipinski definition) is 3. The number of rotatable bonds is 11. The highest BCUT2D eigenvalue weighted by atomic mass is 16.2. The second-order valence-electron chi connectivity index (χ2n) is 11.4. The SMILES string of the molecule is CC(C)C.CCC.C[C@H](NC(=O)CN1Cc2ccccc2C1=O)C(=O)NCC(=O)C(=O)NCc1ccc(CN(C)C)cc1. The second kappa shape index (κ2) is 19.2. The molecule has 1 aliphatic rings. The first-order chi connectivity index (χ1) is 20.3. The van der Waals surface area contributed by atoms with Crippen LogP contribution in [-0.4, -0.2) is 72.4 Å². The Morgan fingerprint density at radius 1 is 0.884 bits per heavy atom. The highest BCUT2D eigenvalue weighted by molar-refractivity contribution is 6.37. The average Bonchev–Trinajstić information content (AvgIpc) is 3.25. The molecule has 1 heterocycles. The van der Waals surface area contributed by atoms with Crippen molar-refractivity contribution in [3.05, 3.63) is 70.8 Å². The van der Waals surface area contributed by atoms with Crippen LogP contribution in [-0.2, 0) is 38.8 Å². The van der Waals surface area contributed by atoms with E-state index in [9.17, 15) is 24.0 Å². The molecule has 0 spiro atoms. The third kappa shape index (κ3) is 14.1. The molecule has 2 aromatic rings. The Hall–Kier alpha value is -4.05. The summed E-state index contributed by atoms with van der Waals surface area (Å²) in [6.45, 7) is 12.8. The number of ketones is 1. The maximum Gasteiger partial charge on any atom is 0.289 e. The average molecular weight is 596 g/mol. The summed E-state index contributed by atoms with van der Waals surface area (Å²) in [5.41, 5.74) is 3.39. The first kappa shape index (κ1) is 37.0. The largest absolute Gasteiger partial charge is 0.347 e. The van der Waals surface area contributed by atoms with E-state index in [1.165, 1.54) is 18.2 Å². The maximum absolute atomic E-state index is 12.4. The number of hydrogen-bond acceptors (Lipinski definition) is 6. The van der Waals surface area contributed by atoms with Gasteiger partial charge in [-0.15, -0.1) is 0 Å². The Kier molecular flexibility index (Phi) is 16.5. The van der Waals surface area contributed by atoms with Crippen molar-refractivity contribution in [2.75, 3.05) is 27.2 Å². The number of carbonyl (C=O) groups is 5. The van der Waals surface area contributed by atoms with Crippen LogP contribution in [0.25, 0.3) is 0 Å². The van der Waals surface area contributed by atoms with Crippen LogP contribution in [0.5, 0.6) is 0 Å². The van der Waals surface area contributed by atoms with Crippen LogP contribution in [0.3, 0.4) is 0 Å². The zero-order valence-electron chi connectivity index (χ0n) is 27.0. The molecular formula is C33H49N5O5. The van der Waals surface area contributed by atoms with Crippen molar-refractivity contribution in [2.45, 2.75) is 73.6 Å². The summed E-state index contributed by atoms with van der Waals surface area (Å²) < 4.78 is 0. The van der Waals surface area contributed by atoms with Gasteiger partial charge in [-0.25, -0.2) is 0 Å². The first-order valence-corrected chi connectivity index (χ1v) is 14.8. The van der Waals surface area contributed by atoms with Crippen LogP contribution in [0.2, 0.25) is 0 Å². The van der Waals surface area contributed by atoms with Crippen LogP contribution < -0.4 is 16.0 Å². The monoisotopic (exact) mass is 595 g/mol. The molecule has 0 saturated heterocycles. The van der Waals surface area contributed by atoms with Gasteiger partial charge in [-0.3, -0.25) is 24.0 Å². The lowest BCUT2D eigenvalue weighted by atomic mass is 10.1. The molecule has 0 bridgehead atoms. The van der Waals surface area contributed by atoms with E-state index in [0.717, 1.165) is 29.2 Å². The summed E-state index contributed by atoms with van der Waals surface area (Å²) in [6, 6.07) is 13.8. The summed E-state index contributed by atoms with van der Waals surface area (Å²) >= 11 is 0. The summed E-state index contributed by atoms with van der Waals surface area (Å²) in [4.78, 5) is 64.6. The number of benzene rings is 2. The number of nitrogens with zero attached hydrogens (tertiary/aromatic N) is 2. The molecule has 1 aliphatic heterocycles. The molecule has 0 radical (unpaired) electrons. The highest BCUT2D eigenvalue weighted by Gasteiger charge is 2.29. The van der Waals surface area contributed by atoms with Gasteiger partial charge >= 0.3 is 0 Å². The molecular weight excluding hydrogens is 546 g/mol. The van der Waals surface area contributed by atoms with E-state index in [4.69, 9.17) is 0 Å². The molecule has 1 atom stereocenters. The maximum atomic E-state index is 12.4. The van der Waals surface area contributed by atoms with Crippen LogP contribution in [0, 0.1) is 5.92 Å². The molecule has 4 amide bonds. The van der Waals surface area contributed by atoms with E-state index >= 15 is 0 Å². The lowest BCUT2D eigenvalue weighted by molar-refractivity contribution is -0.138. The molecule has 0 aromatic heterocycles. The molecule has 0 saturated carbocycles. The van der Waals surface area contributed by atoms with Crippen molar-refractivity contribution in [2.24, 2.45) is 5.92 Å². The predicted octanol–water partition coefficient (Wildman–Crippen LogP) is 3.29. The standard InChI is InChI=1S/C26H31N5O5.C4H10.C3H8/c1-17(29-23(33)16-31-15-20-6-4-5-7-21(20)26(31)36)24(34)28-13-22(32)25(35)27-12-18-8-10-19(11-9-18)14-30(2)3;1-4(2)3;1-3-2/h4-11,17H,12-16H2,1-3H3,(H,27,35)(H,28,34)(H,29,33);4H,1-3H3;3H2,1-2H3/t17-;;/m0../s1. The molecule has 3 N–H and O–H groups in total. The van der Waals surface area contributed by atoms with Crippen molar-refractivity contribution in [3.63, 3.8) is 0 Å². The molecule has 236 valence electrons. The van der Waals surface area contributed by atoms with Crippen LogP contribution in [0.15, 0.2) is 48.5 Å². The molecule has 10 heteroatoms.